The molecule has 5 heteroatoms. The van der Waals surface area contributed by atoms with Gasteiger partial charge in [-0.15, -0.1) is 0 Å². The number of pyridine rings is 1. The van der Waals surface area contributed by atoms with E-state index < -0.39 is 0 Å². The van der Waals surface area contributed by atoms with Gasteiger partial charge in [-0.25, -0.2) is 4.79 Å². The van der Waals surface area contributed by atoms with E-state index in [0.29, 0.717) is 17.5 Å². The molecule has 96 valence electrons. The Bertz CT molecular complexity index is 749. The molecule has 1 aliphatic rings. The largest absolute Gasteiger partial charge is 0.465 e. The van der Waals surface area contributed by atoms with E-state index in [4.69, 9.17) is 4.74 Å². The van der Waals surface area contributed by atoms with Crippen LogP contribution >= 0.6 is 15.9 Å². The van der Waals surface area contributed by atoms with Crippen LogP contribution in [-0.2, 0) is 11.2 Å². The van der Waals surface area contributed by atoms with Crippen LogP contribution in [0.3, 0.4) is 0 Å². The van der Waals surface area contributed by atoms with Gasteiger partial charge in [0.15, 0.2) is 0 Å². The fourth-order valence-electron chi connectivity index (χ4n) is 2.42. The van der Waals surface area contributed by atoms with Crippen LogP contribution < -0.4 is 5.56 Å². The number of hydrogen-bond acceptors (Lipinski definition) is 3. The Morgan fingerprint density at radius 2 is 2.21 bits per heavy atom. The third-order valence-electron chi connectivity index (χ3n) is 3.31. The lowest BCUT2D eigenvalue weighted by molar-refractivity contribution is 0.0600. The number of esters is 1. The van der Waals surface area contributed by atoms with Crippen molar-refractivity contribution in [1.29, 1.82) is 0 Å². The van der Waals surface area contributed by atoms with Crippen molar-refractivity contribution in [3.8, 4) is 11.1 Å². The molecule has 0 aliphatic heterocycles. The van der Waals surface area contributed by atoms with Gasteiger partial charge in [0.25, 0.3) is 5.56 Å². The minimum atomic E-state index is -0.369. The minimum Gasteiger partial charge on any atom is -0.465 e. The van der Waals surface area contributed by atoms with E-state index in [-0.39, 0.29) is 11.5 Å². The maximum absolute atomic E-state index is 11.9. The van der Waals surface area contributed by atoms with Crippen LogP contribution in [0.4, 0.5) is 0 Å². The Morgan fingerprint density at radius 1 is 1.42 bits per heavy atom. The Balaban J connectivity index is 2.20. The number of ether oxygens (including phenoxy) is 1. The number of halogens is 1. The molecular formula is C14H10BrNO3. The van der Waals surface area contributed by atoms with Gasteiger partial charge < -0.3 is 9.72 Å². The summed E-state index contributed by atoms with van der Waals surface area (Å²) in [6.45, 7) is 0. The average molecular weight is 320 g/mol. The van der Waals surface area contributed by atoms with Crippen molar-refractivity contribution >= 4 is 21.9 Å². The smallest absolute Gasteiger partial charge is 0.337 e. The highest BCUT2D eigenvalue weighted by Crippen LogP contribution is 2.37. The summed E-state index contributed by atoms with van der Waals surface area (Å²) in [6.07, 6.45) is 2.29. The monoisotopic (exact) mass is 319 g/mol. The Hall–Kier alpha value is -1.88. The molecule has 19 heavy (non-hydrogen) atoms. The van der Waals surface area contributed by atoms with Crippen molar-refractivity contribution in [3.63, 3.8) is 0 Å². The van der Waals surface area contributed by atoms with Gasteiger partial charge in [0, 0.05) is 17.1 Å². The summed E-state index contributed by atoms with van der Waals surface area (Å²) in [6, 6.07) is 5.27. The normalized spacial score (nSPS) is 11.9. The summed E-state index contributed by atoms with van der Waals surface area (Å²) in [5, 5.41) is 0. The maximum atomic E-state index is 11.9. The van der Waals surface area contributed by atoms with E-state index in [1.165, 1.54) is 7.11 Å². The number of carbonyl (C=O) groups is 1. The second kappa shape index (κ2) is 4.35. The predicted molar refractivity (Wildman–Crippen MR) is 74.3 cm³/mol. The van der Waals surface area contributed by atoms with Crippen molar-refractivity contribution in [2.45, 2.75) is 6.42 Å². The lowest BCUT2D eigenvalue weighted by Crippen LogP contribution is -2.08. The van der Waals surface area contributed by atoms with Crippen LogP contribution in [0.1, 0.15) is 21.5 Å². The van der Waals surface area contributed by atoms with Crippen molar-refractivity contribution in [2.75, 3.05) is 7.11 Å². The molecule has 1 aromatic carbocycles. The minimum absolute atomic E-state index is 0.109. The highest BCUT2D eigenvalue weighted by molar-refractivity contribution is 9.10. The van der Waals surface area contributed by atoms with Crippen LogP contribution in [0.15, 0.2) is 33.7 Å². The second-order valence-corrected chi connectivity index (χ2v) is 5.21. The second-order valence-electron chi connectivity index (χ2n) is 4.36. The first-order valence-electron chi connectivity index (χ1n) is 5.73. The lowest BCUT2D eigenvalue weighted by Gasteiger charge is -2.03. The summed E-state index contributed by atoms with van der Waals surface area (Å²) in [7, 11) is 1.35. The van der Waals surface area contributed by atoms with Crippen molar-refractivity contribution in [3.05, 3.63) is 55.9 Å². The summed E-state index contributed by atoms with van der Waals surface area (Å²) in [4.78, 5) is 26.1. The third-order valence-corrected chi connectivity index (χ3v) is 4.02. The van der Waals surface area contributed by atoms with E-state index in [1.54, 1.807) is 24.4 Å². The molecule has 1 heterocycles. The molecule has 1 aromatic heterocycles. The molecule has 0 amide bonds. The molecule has 0 bridgehead atoms. The number of hydrogen-bond donors (Lipinski definition) is 1. The fourth-order valence-corrected chi connectivity index (χ4v) is 2.87. The topological polar surface area (TPSA) is 59.2 Å². The predicted octanol–water partition coefficient (Wildman–Crippen LogP) is 2.50. The van der Waals surface area contributed by atoms with Gasteiger partial charge in [-0.1, -0.05) is 6.07 Å². The maximum Gasteiger partial charge on any atom is 0.337 e. The van der Waals surface area contributed by atoms with Crippen LogP contribution in [0.25, 0.3) is 11.1 Å². The summed E-state index contributed by atoms with van der Waals surface area (Å²) < 4.78 is 5.58. The molecule has 0 spiro atoms. The molecule has 0 atom stereocenters. The zero-order chi connectivity index (χ0) is 13.6. The lowest BCUT2D eigenvalue weighted by atomic mass is 10.0. The molecule has 0 fully saturated rings. The molecule has 0 saturated carbocycles. The number of fused-ring (bicyclic) bond motifs is 3. The van der Waals surface area contributed by atoms with Gasteiger partial charge in [0.05, 0.1) is 18.2 Å². The number of methoxy groups -OCH3 is 1. The third kappa shape index (κ3) is 1.81. The molecule has 0 radical (unpaired) electrons. The van der Waals surface area contributed by atoms with Gasteiger partial charge in [0.1, 0.15) is 0 Å². The number of benzene rings is 1. The highest BCUT2D eigenvalue weighted by atomic mass is 79.9. The van der Waals surface area contributed by atoms with Crippen molar-refractivity contribution in [2.24, 2.45) is 0 Å². The zero-order valence-electron chi connectivity index (χ0n) is 10.1. The first kappa shape index (κ1) is 12.2. The summed E-state index contributed by atoms with van der Waals surface area (Å²) >= 11 is 3.44. The first-order valence-corrected chi connectivity index (χ1v) is 6.53. The van der Waals surface area contributed by atoms with E-state index in [9.17, 15) is 9.59 Å². The molecule has 1 N–H and O–H groups in total. The Labute approximate surface area is 117 Å². The van der Waals surface area contributed by atoms with Gasteiger partial charge in [-0.05, 0) is 44.8 Å². The Morgan fingerprint density at radius 3 is 2.95 bits per heavy atom. The van der Waals surface area contributed by atoms with E-state index in [1.807, 2.05) is 0 Å². The van der Waals surface area contributed by atoms with Crippen LogP contribution in [-0.4, -0.2) is 18.1 Å². The van der Waals surface area contributed by atoms with Gasteiger partial charge in [-0.2, -0.15) is 0 Å². The number of aromatic amines is 1. The standard InChI is InChI=1S/C14H10BrNO3/c1-19-14(18)7-2-3-9-8(4-7)5-10-11(15)6-16-13(17)12(9)10/h2-4,6H,5H2,1H3,(H,16,17). The van der Waals surface area contributed by atoms with Crippen LogP contribution in [0, 0.1) is 0 Å². The van der Waals surface area contributed by atoms with Crippen LogP contribution in [0.2, 0.25) is 0 Å². The SMILES string of the molecule is COC(=O)c1ccc2c(c1)Cc1c(Br)c[nH]c(=O)c1-2. The van der Waals surface area contributed by atoms with Gasteiger partial charge in [-0.3, -0.25) is 4.79 Å². The summed E-state index contributed by atoms with van der Waals surface area (Å²) in [5.41, 5.74) is 3.88. The summed E-state index contributed by atoms with van der Waals surface area (Å²) in [5.74, 6) is -0.369. The Kier molecular flexibility index (Phi) is 2.78. The van der Waals surface area contributed by atoms with Gasteiger partial charge in [0.2, 0.25) is 0 Å². The fraction of sp³-hybridized carbons (Fsp3) is 0.143. The molecule has 0 unspecified atom stereocenters. The highest BCUT2D eigenvalue weighted by Gasteiger charge is 2.24. The van der Waals surface area contributed by atoms with E-state index in [2.05, 4.69) is 20.9 Å². The zero-order valence-corrected chi connectivity index (χ0v) is 11.7. The van der Waals surface area contributed by atoms with Crippen molar-refractivity contribution < 1.29 is 9.53 Å². The van der Waals surface area contributed by atoms with E-state index in [0.717, 1.165) is 21.2 Å². The first-order chi connectivity index (χ1) is 9.11. The molecule has 4 nitrogen and oxygen atoms in total. The molecule has 2 aromatic rings. The van der Waals surface area contributed by atoms with E-state index >= 15 is 0 Å². The molecular weight excluding hydrogens is 310 g/mol. The number of carbonyl (C=O) groups excluding carboxylic acids is 1. The van der Waals surface area contributed by atoms with Crippen molar-refractivity contribution in [1.82, 2.24) is 4.98 Å². The number of H-pyrrole nitrogens is 1. The quantitative estimate of drug-likeness (QED) is 0.701. The number of aromatic nitrogens is 1. The molecule has 1 aliphatic carbocycles. The molecule has 3 rings (SSSR count). The van der Waals surface area contributed by atoms with Crippen LogP contribution in [0.5, 0.6) is 0 Å². The average Bonchev–Trinajstić information content (AvgIpc) is 2.81. The van der Waals surface area contributed by atoms with Gasteiger partial charge >= 0.3 is 5.97 Å². The number of rotatable bonds is 1. The molecule has 0 saturated heterocycles. The number of nitrogens with one attached hydrogen (secondary N) is 1.